The summed E-state index contributed by atoms with van der Waals surface area (Å²) < 4.78 is 10.6. The molecule has 0 radical (unpaired) electrons. The molecule has 0 aliphatic carbocycles. The molecule has 0 aliphatic heterocycles. The zero-order valence-electron chi connectivity index (χ0n) is 14.1. The van der Waals surface area contributed by atoms with E-state index < -0.39 is 12.1 Å². The van der Waals surface area contributed by atoms with Gasteiger partial charge in [-0.3, -0.25) is 9.59 Å². The van der Waals surface area contributed by atoms with Crippen molar-refractivity contribution in [3.63, 3.8) is 0 Å². The Morgan fingerprint density at radius 1 is 1.21 bits per heavy atom. The van der Waals surface area contributed by atoms with Crippen LogP contribution in [0.3, 0.4) is 0 Å². The Morgan fingerprint density at radius 3 is 2.54 bits per heavy atom. The Kier molecular flexibility index (Phi) is 8.93. The van der Waals surface area contributed by atoms with Gasteiger partial charge in [0.25, 0.3) is 5.91 Å². The lowest BCUT2D eigenvalue weighted by atomic mass is 10.2. The third-order valence-electron chi connectivity index (χ3n) is 3.04. The van der Waals surface area contributed by atoms with E-state index in [0.717, 1.165) is 0 Å². The van der Waals surface area contributed by atoms with Gasteiger partial charge in [-0.05, 0) is 37.5 Å². The molecule has 24 heavy (non-hydrogen) atoms. The quantitative estimate of drug-likeness (QED) is 0.525. The molecule has 1 amide bonds. The van der Waals surface area contributed by atoms with Crippen LogP contribution in [0.2, 0.25) is 10.0 Å². The number of esters is 1. The molecule has 1 N–H and O–H groups in total. The molecule has 0 fully saturated rings. The lowest BCUT2D eigenvalue weighted by Gasteiger charge is -2.14. The molecule has 0 bridgehead atoms. The van der Waals surface area contributed by atoms with E-state index in [1.807, 2.05) is 13.8 Å². The van der Waals surface area contributed by atoms with Crippen molar-refractivity contribution in [2.75, 3.05) is 13.2 Å². The summed E-state index contributed by atoms with van der Waals surface area (Å²) in [4.78, 5) is 23.4. The van der Waals surface area contributed by atoms with E-state index in [2.05, 4.69) is 5.32 Å². The minimum atomic E-state index is -0.803. The summed E-state index contributed by atoms with van der Waals surface area (Å²) >= 11 is 11.8. The van der Waals surface area contributed by atoms with E-state index in [-0.39, 0.29) is 12.3 Å². The Labute approximate surface area is 152 Å². The second-order valence-corrected chi connectivity index (χ2v) is 6.64. The molecular formula is C17H23Cl2NO4. The highest BCUT2D eigenvalue weighted by Gasteiger charge is 2.17. The Morgan fingerprint density at radius 2 is 1.92 bits per heavy atom. The van der Waals surface area contributed by atoms with E-state index in [4.69, 9.17) is 32.7 Å². The minimum absolute atomic E-state index is 0.160. The molecule has 5 nitrogen and oxygen atoms in total. The molecule has 134 valence electrons. The largest absolute Gasteiger partial charge is 0.492 e. The highest BCUT2D eigenvalue weighted by molar-refractivity contribution is 6.35. The predicted molar refractivity (Wildman–Crippen MR) is 94.6 cm³/mol. The van der Waals surface area contributed by atoms with Crippen LogP contribution in [-0.2, 0) is 14.3 Å². The summed E-state index contributed by atoms with van der Waals surface area (Å²) in [7, 11) is 0. The molecule has 0 aliphatic rings. The van der Waals surface area contributed by atoms with Crippen LogP contribution >= 0.6 is 23.2 Å². The average molecular weight is 376 g/mol. The van der Waals surface area contributed by atoms with Crippen molar-refractivity contribution in [1.29, 1.82) is 0 Å². The molecule has 1 unspecified atom stereocenters. The number of carbonyl (C=O) groups excluding carboxylic acids is 2. The van der Waals surface area contributed by atoms with Gasteiger partial charge in [0.05, 0.1) is 11.6 Å². The number of amides is 1. The first kappa shape index (κ1) is 20.6. The van der Waals surface area contributed by atoms with Gasteiger partial charge in [-0.25, -0.2) is 0 Å². The van der Waals surface area contributed by atoms with Gasteiger partial charge in [-0.2, -0.15) is 0 Å². The van der Waals surface area contributed by atoms with E-state index in [1.165, 1.54) is 0 Å². The number of hydrogen-bond donors (Lipinski definition) is 1. The fraction of sp³-hybridized carbons (Fsp3) is 0.529. The number of carbonyl (C=O) groups is 2. The van der Waals surface area contributed by atoms with Gasteiger partial charge < -0.3 is 14.8 Å². The van der Waals surface area contributed by atoms with Crippen molar-refractivity contribution < 1.29 is 19.1 Å². The van der Waals surface area contributed by atoms with Crippen LogP contribution < -0.4 is 10.1 Å². The highest BCUT2D eigenvalue weighted by atomic mass is 35.5. The highest BCUT2D eigenvalue weighted by Crippen LogP contribution is 2.27. The van der Waals surface area contributed by atoms with E-state index in [1.54, 1.807) is 25.1 Å². The second-order valence-electron chi connectivity index (χ2n) is 5.80. The number of hydrogen-bond acceptors (Lipinski definition) is 4. The summed E-state index contributed by atoms with van der Waals surface area (Å²) in [5, 5.41) is 3.67. The minimum Gasteiger partial charge on any atom is -0.492 e. The summed E-state index contributed by atoms with van der Waals surface area (Å²) in [6, 6.07) is 4.93. The number of nitrogens with one attached hydrogen (secondary N) is 1. The van der Waals surface area contributed by atoms with E-state index >= 15 is 0 Å². The number of rotatable bonds is 9. The first-order valence-corrected chi connectivity index (χ1v) is 8.60. The van der Waals surface area contributed by atoms with Crippen molar-refractivity contribution in [1.82, 2.24) is 5.32 Å². The lowest BCUT2D eigenvalue weighted by Crippen LogP contribution is -2.37. The second kappa shape index (κ2) is 10.4. The predicted octanol–water partition coefficient (Wildman–Crippen LogP) is 3.86. The van der Waals surface area contributed by atoms with Gasteiger partial charge in [-0.1, -0.05) is 37.0 Å². The van der Waals surface area contributed by atoms with Crippen LogP contribution in [0, 0.1) is 5.92 Å². The monoisotopic (exact) mass is 375 g/mol. The van der Waals surface area contributed by atoms with Crippen LogP contribution in [0.5, 0.6) is 5.75 Å². The first-order valence-electron chi connectivity index (χ1n) is 7.84. The molecule has 0 saturated heterocycles. The third-order valence-corrected chi connectivity index (χ3v) is 3.57. The molecule has 7 heteroatoms. The van der Waals surface area contributed by atoms with Gasteiger partial charge in [0.15, 0.2) is 6.10 Å². The zero-order valence-corrected chi connectivity index (χ0v) is 15.6. The van der Waals surface area contributed by atoms with Crippen LogP contribution in [-0.4, -0.2) is 31.1 Å². The van der Waals surface area contributed by atoms with E-state index in [9.17, 15) is 9.59 Å². The summed E-state index contributed by atoms with van der Waals surface area (Å²) in [6.45, 7) is 6.39. The Balaban J connectivity index is 2.25. The maximum absolute atomic E-state index is 11.7. The molecule has 0 heterocycles. The maximum Gasteiger partial charge on any atom is 0.306 e. The Bertz CT molecular complexity index is 564. The number of ether oxygens (including phenoxy) is 2. The standard InChI is InChI=1S/C17H23Cl2NO4/c1-11(2)10-20-17(22)12(3)24-16(21)5-4-8-23-15-7-6-13(18)9-14(15)19/h6-7,9,11-12H,4-5,8,10H2,1-3H3,(H,20,22). The normalized spacial score (nSPS) is 11.9. The van der Waals surface area contributed by atoms with Crippen LogP contribution in [0.1, 0.15) is 33.6 Å². The molecular weight excluding hydrogens is 353 g/mol. The molecule has 1 rings (SSSR count). The van der Waals surface area contributed by atoms with Gasteiger partial charge in [0.1, 0.15) is 5.75 Å². The molecule has 1 aromatic carbocycles. The van der Waals surface area contributed by atoms with Crippen LogP contribution in [0.25, 0.3) is 0 Å². The first-order chi connectivity index (χ1) is 11.3. The topological polar surface area (TPSA) is 64.6 Å². The van der Waals surface area contributed by atoms with Gasteiger partial charge in [0.2, 0.25) is 0 Å². The lowest BCUT2D eigenvalue weighted by molar-refractivity contribution is -0.155. The van der Waals surface area contributed by atoms with Gasteiger partial charge >= 0.3 is 5.97 Å². The van der Waals surface area contributed by atoms with Crippen molar-refractivity contribution in [2.24, 2.45) is 5.92 Å². The summed E-state index contributed by atoms with van der Waals surface area (Å²) in [6.07, 6.45) is -0.187. The van der Waals surface area contributed by atoms with E-state index in [0.29, 0.717) is 41.3 Å². The molecule has 1 aromatic rings. The van der Waals surface area contributed by atoms with Crippen molar-refractivity contribution in [2.45, 2.75) is 39.7 Å². The molecule has 0 aromatic heterocycles. The van der Waals surface area contributed by atoms with Crippen molar-refractivity contribution in [3.8, 4) is 5.75 Å². The van der Waals surface area contributed by atoms with Crippen molar-refractivity contribution >= 4 is 35.1 Å². The smallest absolute Gasteiger partial charge is 0.306 e. The fourth-order valence-electron chi connectivity index (χ4n) is 1.75. The maximum atomic E-state index is 11.7. The van der Waals surface area contributed by atoms with Gasteiger partial charge in [-0.15, -0.1) is 0 Å². The molecule has 0 spiro atoms. The third kappa shape index (κ3) is 7.88. The molecule has 0 saturated carbocycles. The van der Waals surface area contributed by atoms with Crippen LogP contribution in [0.4, 0.5) is 0 Å². The Hall–Kier alpha value is -1.46. The number of halogens is 2. The SMILES string of the molecule is CC(C)CNC(=O)C(C)OC(=O)CCCOc1ccc(Cl)cc1Cl. The summed E-state index contributed by atoms with van der Waals surface area (Å²) in [5.74, 6) is 0.124. The van der Waals surface area contributed by atoms with Crippen molar-refractivity contribution in [3.05, 3.63) is 28.2 Å². The zero-order chi connectivity index (χ0) is 18.1. The van der Waals surface area contributed by atoms with Crippen LogP contribution in [0.15, 0.2) is 18.2 Å². The molecule has 1 atom stereocenters. The van der Waals surface area contributed by atoms with Gasteiger partial charge in [0, 0.05) is 18.0 Å². The summed E-state index contributed by atoms with van der Waals surface area (Å²) in [5.41, 5.74) is 0. The fourth-order valence-corrected chi connectivity index (χ4v) is 2.21. The average Bonchev–Trinajstić information content (AvgIpc) is 2.50. The number of benzene rings is 1.